The van der Waals surface area contributed by atoms with Gasteiger partial charge in [0.1, 0.15) is 11.6 Å². The predicted molar refractivity (Wildman–Crippen MR) is 134 cm³/mol. The molecule has 0 spiro atoms. The van der Waals surface area contributed by atoms with Crippen LogP contribution in [0.5, 0.6) is 5.75 Å². The van der Waals surface area contributed by atoms with Gasteiger partial charge < -0.3 is 19.9 Å². The van der Waals surface area contributed by atoms with Crippen molar-refractivity contribution in [3.8, 4) is 5.75 Å². The third-order valence-corrected chi connectivity index (χ3v) is 4.95. The van der Waals surface area contributed by atoms with Crippen LogP contribution in [-0.2, 0) is 20.1 Å². The molecule has 2 N–H and O–H groups in total. The Bertz CT molecular complexity index is 805. The molecule has 30 heavy (non-hydrogen) atoms. The highest BCUT2D eigenvalue weighted by molar-refractivity contribution is 14.0. The lowest BCUT2D eigenvalue weighted by Crippen LogP contribution is -2.38. The maximum Gasteiger partial charge on any atom is 0.191 e. The number of benzene rings is 1. The Kier molecular flexibility index (Phi) is 11.8. The Morgan fingerprint density at radius 2 is 1.97 bits per heavy atom. The van der Waals surface area contributed by atoms with E-state index in [2.05, 4.69) is 66.7 Å². The molecule has 0 amide bonds. The summed E-state index contributed by atoms with van der Waals surface area (Å²) in [6.07, 6.45) is 3.38. The fourth-order valence-electron chi connectivity index (χ4n) is 2.69. The molecule has 0 saturated carbocycles. The first kappa shape index (κ1) is 26.2. The number of nitrogens with one attached hydrogen (secondary N) is 2. The minimum atomic E-state index is 0. The Morgan fingerprint density at radius 1 is 1.20 bits per heavy atom. The van der Waals surface area contributed by atoms with Crippen LogP contribution in [0.2, 0.25) is 0 Å². The van der Waals surface area contributed by atoms with Crippen molar-refractivity contribution in [2.45, 2.75) is 73.1 Å². The van der Waals surface area contributed by atoms with Gasteiger partial charge in [0.05, 0.1) is 19.2 Å². The van der Waals surface area contributed by atoms with Gasteiger partial charge in [0, 0.05) is 19.2 Å². The molecule has 0 aliphatic heterocycles. The van der Waals surface area contributed by atoms with Crippen molar-refractivity contribution in [2.75, 3.05) is 6.54 Å². The maximum absolute atomic E-state index is 6.12. The van der Waals surface area contributed by atoms with Gasteiger partial charge in [0.25, 0.3) is 0 Å². The van der Waals surface area contributed by atoms with Crippen molar-refractivity contribution >= 4 is 29.9 Å². The minimum absolute atomic E-state index is 0. The Morgan fingerprint density at radius 3 is 2.60 bits per heavy atom. The van der Waals surface area contributed by atoms with Gasteiger partial charge in [0.2, 0.25) is 0 Å². The second kappa shape index (κ2) is 13.5. The SMILES string of the molecule is CCCCNC(=NCc1ccc(C)cc1OC(C)CC)NCc1nnc(C)n1C.I. The topological polar surface area (TPSA) is 76.4 Å². The summed E-state index contributed by atoms with van der Waals surface area (Å²) in [5.41, 5.74) is 2.27. The molecule has 1 heterocycles. The molecule has 0 fully saturated rings. The summed E-state index contributed by atoms with van der Waals surface area (Å²) in [4.78, 5) is 4.80. The fourth-order valence-corrected chi connectivity index (χ4v) is 2.69. The van der Waals surface area contributed by atoms with Gasteiger partial charge in [0.15, 0.2) is 11.8 Å². The third-order valence-electron chi connectivity index (χ3n) is 4.95. The zero-order valence-corrected chi connectivity index (χ0v) is 21.5. The first-order valence-electron chi connectivity index (χ1n) is 10.6. The monoisotopic (exact) mass is 528 g/mol. The maximum atomic E-state index is 6.12. The van der Waals surface area contributed by atoms with E-state index in [-0.39, 0.29) is 30.1 Å². The van der Waals surface area contributed by atoms with E-state index in [9.17, 15) is 0 Å². The van der Waals surface area contributed by atoms with E-state index in [0.29, 0.717) is 13.1 Å². The summed E-state index contributed by atoms with van der Waals surface area (Å²) in [7, 11) is 1.97. The predicted octanol–water partition coefficient (Wildman–Crippen LogP) is 4.26. The molecule has 1 aromatic heterocycles. The minimum Gasteiger partial charge on any atom is -0.490 e. The van der Waals surface area contributed by atoms with Gasteiger partial charge in [-0.3, -0.25) is 0 Å². The van der Waals surface area contributed by atoms with E-state index >= 15 is 0 Å². The van der Waals surface area contributed by atoms with Gasteiger partial charge in [-0.2, -0.15) is 0 Å². The van der Waals surface area contributed by atoms with Gasteiger partial charge >= 0.3 is 0 Å². The number of unbranched alkanes of at least 4 members (excludes halogenated alkanes) is 1. The average molecular weight is 528 g/mol. The normalized spacial score (nSPS) is 12.3. The lowest BCUT2D eigenvalue weighted by Gasteiger charge is -2.17. The molecule has 1 unspecified atom stereocenters. The zero-order chi connectivity index (χ0) is 21.2. The van der Waals surface area contributed by atoms with E-state index < -0.39 is 0 Å². The average Bonchev–Trinajstić information content (AvgIpc) is 3.02. The van der Waals surface area contributed by atoms with Crippen LogP contribution >= 0.6 is 24.0 Å². The molecule has 8 heteroatoms. The van der Waals surface area contributed by atoms with Crippen LogP contribution in [0, 0.1) is 13.8 Å². The number of ether oxygens (including phenoxy) is 1. The molecule has 0 aliphatic carbocycles. The lowest BCUT2D eigenvalue weighted by molar-refractivity contribution is 0.215. The number of aryl methyl sites for hydroxylation is 2. The van der Waals surface area contributed by atoms with Gasteiger partial charge in [-0.15, -0.1) is 34.2 Å². The summed E-state index contributed by atoms with van der Waals surface area (Å²) in [6, 6.07) is 6.30. The van der Waals surface area contributed by atoms with Gasteiger partial charge in [-0.25, -0.2) is 4.99 Å². The molecular formula is C22H37IN6O. The number of aromatic nitrogens is 3. The first-order valence-corrected chi connectivity index (χ1v) is 10.6. The Hall–Kier alpha value is -1.84. The highest BCUT2D eigenvalue weighted by atomic mass is 127. The van der Waals surface area contributed by atoms with Crippen LogP contribution in [0.4, 0.5) is 0 Å². The Balaban J connectivity index is 0.00000450. The summed E-state index contributed by atoms with van der Waals surface area (Å²) in [5.74, 6) is 3.46. The van der Waals surface area contributed by atoms with Crippen molar-refractivity contribution in [1.82, 2.24) is 25.4 Å². The second-order valence-electron chi connectivity index (χ2n) is 7.47. The molecule has 0 radical (unpaired) electrons. The van der Waals surface area contributed by atoms with Crippen LogP contribution in [0.1, 0.15) is 62.8 Å². The van der Waals surface area contributed by atoms with Crippen LogP contribution < -0.4 is 15.4 Å². The number of hydrogen-bond acceptors (Lipinski definition) is 4. The van der Waals surface area contributed by atoms with Crippen LogP contribution in [-0.4, -0.2) is 33.4 Å². The Labute approximate surface area is 198 Å². The van der Waals surface area contributed by atoms with Crippen molar-refractivity contribution < 1.29 is 4.74 Å². The molecular weight excluding hydrogens is 491 g/mol. The summed E-state index contributed by atoms with van der Waals surface area (Å²) in [5, 5.41) is 15.1. The van der Waals surface area contributed by atoms with Crippen LogP contribution in [0.15, 0.2) is 23.2 Å². The molecule has 2 aromatic rings. The number of guanidine groups is 1. The smallest absolute Gasteiger partial charge is 0.191 e. The van der Waals surface area contributed by atoms with Crippen LogP contribution in [0.3, 0.4) is 0 Å². The van der Waals surface area contributed by atoms with E-state index in [1.165, 1.54) is 5.56 Å². The van der Waals surface area contributed by atoms with E-state index in [1.54, 1.807) is 0 Å². The van der Waals surface area contributed by atoms with Crippen molar-refractivity contribution in [3.05, 3.63) is 41.0 Å². The van der Waals surface area contributed by atoms with E-state index in [1.807, 2.05) is 18.5 Å². The fraction of sp³-hybridized carbons (Fsp3) is 0.591. The van der Waals surface area contributed by atoms with Gasteiger partial charge in [-0.1, -0.05) is 32.4 Å². The molecule has 1 aromatic carbocycles. The van der Waals surface area contributed by atoms with Crippen molar-refractivity contribution in [1.29, 1.82) is 0 Å². The van der Waals surface area contributed by atoms with Crippen LogP contribution in [0.25, 0.3) is 0 Å². The molecule has 1 atom stereocenters. The largest absolute Gasteiger partial charge is 0.490 e. The highest BCUT2D eigenvalue weighted by Crippen LogP contribution is 2.23. The zero-order valence-electron chi connectivity index (χ0n) is 19.2. The second-order valence-corrected chi connectivity index (χ2v) is 7.47. The van der Waals surface area contributed by atoms with Gasteiger partial charge in [-0.05, 0) is 45.2 Å². The summed E-state index contributed by atoms with van der Waals surface area (Å²) in [6.45, 7) is 12.4. The molecule has 2 rings (SSSR count). The molecule has 0 aliphatic rings. The molecule has 0 bridgehead atoms. The summed E-state index contributed by atoms with van der Waals surface area (Å²) < 4.78 is 8.10. The number of hydrogen-bond donors (Lipinski definition) is 2. The van der Waals surface area contributed by atoms with Crippen molar-refractivity contribution in [2.24, 2.45) is 12.0 Å². The molecule has 168 valence electrons. The molecule has 0 saturated heterocycles. The van der Waals surface area contributed by atoms with E-state index in [0.717, 1.165) is 54.7 Å². The molecule has 7 nitrogen and oxygen atoms in total. The number of aliphatic imine (C=N–C) groups is 1. The quantitative estimate of drug-likeness (QED) is 0.209. The standard InChI is InChI=1S/C22H36N6O.HI/c1-7-9-12-23-22(25-15-21-27-26-18(5)28(21)6)24-14-19-11-10-16(3)13-20(19)29-17(4)8-2;/h10-11,13,17H,7-9,12,14-15H2,1-6H3,(H2,23,24,25);1H. The van der Waals surface area contributed by atoms with E-state index in [4.69, 9.17) is 9.73 Å². The number of rotatable bonds is 10. The number of nitrogens with zero attached hydrogens (tertiary/aromatic N) is 4. The lowest BCUT2D eigenvalue weighted by atomic mass is 10.1. The summed E-state index contributed by atoms with van der Waals surface area (Å²) >= 11 is 0. The first-order chi connectivity index (χ1) is 13.9. The highest BCUT2D eigenvalue weighted by Gasteiger charge is 2.09. The van der Waals surface area contributed by atoms with Crippen molar-refractivity contribution in [3.63, 3.8) is 0 Å². The number of halogens is 1. The third kappa shape index (κ3) is 8.12.